The zero-order valence-corrected chi connectivity index (χ0v) is 21.7. The van der Waals surface area contributed by atoms with Crippen molar-refractivity contribution in [3.8, 4) is 0 Å². The van der Waals surface area contributed by atoms with Gasteiger partial charge in [-0.25, -0.2) is 32.9 Å². The summed E-state index contributed by atoms with van der Waals surface area (Å²) in [4.78, 5) is 37.6. The molecule has 0 saturated carbocycles. The van der Waals surface area contributed by atoms with Crippen LogP contribution in [0, 0.1) is 23.4 Å². The molecule has 2 aromatic rings. The van der Waals surface area contributed by atoms with Crippen LogP contribution in [0.25, 0.3) is 0 Å². The number of anilines is 1. The number of ketones is 1. The molecule has 2 amide bonds. The molecule has 38 heavy (non-hydrogen) atoms. The zero-order valence-electron chi connectivity index (χ0n) is 20.7. The summed E-state index contributed by atoms with van der Waals surface area (Å²) in [6, 6.07) is 2.24. The maximum Gasteiger partial charge on any atom is 0.341 e. The van der Waals surface area contributed by atoms with E-state index in [0.29, 0.717) is 70.2 Å². The summed E-state index contributed by atoms with van der Waals surface area (Å²) in [6.45, 7) is 2.49. The molecule has 0 N–H and O–H groups in total. The molecule has 0 aliphatic carbocycles. The number of hydrogen-bond donors (Lipinski definition) is 0. The van der Waals surface area contributed by atoms with Crippen molar-refractivity contribution in [2.75, 3.05) is 44.3 Å². The van der Waals surface area contributed by atoms with Crippen LogP contribution in [0.2, 0.25) is 0 Å². The fourth-order valence-corrected chi connectivity index (χ4v) is 4.88. The lowest BCUT2D eigenvalue weighted by Gasteiger charge is -2.37. The molecule has 9 nitrogen and oxygen atoms in total. The standard InChI is InChI=1S/C25H27F3N6O3.H2S/c26-18-11-17(12-19(27)13-18)22-1-4-30-34(22)25(36)33-7-5-32(6-8-33)24-29-15-20(28)21(31-24)14-23(35)16-2-9-37-10-3-16;/h4,11-13,15-16,22H,1-3,5-10,14H2;1H2/t22-;/m0./s1. The molecule has 5 rings (SSSR count). The molecule has 2 fully saturated rings. The maximum atomic E-state index is 14.4. The monoisotopic (exact) mass is 550 g/mol. The number of piperazine rings is 1. The Balaban J connectivity index is 0.00000336. The Morgan fingerprint density at radius 1 is 1.00 bits per heavy atom. The van der Waals surface area contributed by atoms with Crippen molar-refractivity contribution < 1.29 is 27.5 Å². The molecule has 3 aliphatic heterocycles. The molecule has 0 unspecified atom stereocenters. The number of halogens is 3. The van der Waals surface area contributed by atoms with E-state index in [2.05, 4.69) is 15.1 Å². The van der Waals surface area contributed by atoms with Crippen LogP contribution in [0.3, 0.4) is 0 Å². The highest BCUT2D eigenvalue weighted by molar-refractivity contribution is 7.59. The van der Waals surface area contributed by atoms with E-state index < -0.39 is 23.5 Å². The minimum absolute atomic E-state index is 0. The van der Waals surface area contributed by atoms with Gasteiger partial charge in [-0.2, -0.15) is 18.6 Å². The number of hydrogen-bond acceptors (Lipinski definition) is 7. The summed E-state index contributed by atoms with van der Waals surface area (Å²) in [6.07, 6.45) is 4.15. The van der Waals surface area contributed by atoms with Crippen molar-refractivity contribution in [3.05, 3.63) is 53.1 Å². The van der Waals surface area contributed by atoms with E-state index in [1.54, 1.807) is 11.1 Å². The average molecular weight is 551 g/mol. The number of carbonyl (C=O) groups excluding carboxylic acids is 2. The summed E-state index contributed by atoms with van der Waals surface area (Å²) >= 11 is 0. The van der Waals surface area contributed by atoms with Crippen LogP contribution in [0.5, 0.6) is 0 Å². The van der Waals surface area contributed by atoms with Crippen LogP contribution in [-0.2, 0) is 16.0 Å². The summed E-state index contributed by atoms with van der Waals surface area (Å²) in [5.41, 5.74) is 0.404. The molecular formula is C25H29F3N6O3S. The molecule has 1 aromatic carbocycles. The van der Waals surface area contributed by atoms with Gasteiger partial charge in [-0.1, -0.05) is 0 Å². The van der Waals surface area contributed by atoms with Crippen molar-refractivity contribution >= 4 is 37.5 Å². The minimum Gasteiger partial charge on any atom is -0.381 e. The van der Waals surface area contributed by atoms with Crippen LogP contribution >= 0.6 is 13.5 Å². The third-order valence-corrected chi connectivity index (χ3v) is 6.95. The minimum atomic E-state index is -0.712. The van der Waals surface area contributed by atoms with Crippen molar-refractivity contribution in [1.29, 1.82) is 0 Å². The van der Waals surface area contributed by atoms with Gasteiger partial charge in [0, 0.05) is 64.0 Å². The second-order valence-corrected chi connectivity index (χ2v) is 9.35. The first-order valence-corrected chi connectivity index (χ1v) is 12.3. The summed E-state index contributed by atoms with van der Waals surface area (Å²) in [5, 5.41) is 5.39. The molecule has 1 atom stereocenters. The predicted molar refractivity (Wildman–Crippen MR) is 138 cm³/mol. The largest absolute Gasteiger partial charge is 0.381 e. The molecule has 3 aliphatic rings. The van der Waals surface area contributed by atoms with Crippen LogP contribution < -0.4 is 4.90 Å². The number of aromatic nitrogens is 2. The van der Waals surface area contributed by atoms with E-state index >= 15 is 0 Å². The first-order chi connectivity index (χ1) is 17.9. The Bertz CT molecular complexity index is 1180. The Labute approximate surface area is 225 Å². The molecule has 0 radical (unpaired) electrons. The van der Waals surface area contributed by atoms with E-state index in [-0.39, 0.29) is 43.3 Å². The molecule has 13 heteroatoms. The highest BCUT2D eigenvalue weighted by atomic mass is 32.1. The second-order valence-electron chi connectivity index (χ2n) is 9.35. The highest BCUT2D eigenvalue weighted by Crippen LogP contribution is 2.30. The van der Waals surface area contributed by atoms with E-state index in [0.717, 1.165) is 12.3 Å². The van der Waals surface area contributed by atoms with Crippen LogP contribution in [0.15, 0.2) is 29.5 Å². The lowest BCUT2D eigenvalue weighted by molar-refractivity contribution is -0.125. The van der Waals surface area contributed by atoms with Crippen LogP contribution in [-0.4, -0.2) is 77.3 Å². The molecule has 1 aromatic heterocycles. The Morgan fingerprint density at radius 3 is 2.37 bits per heavy atom. The van der Waals surface area contributed by atoms with Gasteiger partial charge in [0.25, 0.3) is 0 Å². The molecule has 4 heterocycles. The molecule has 0 spiro atoms. The average Bonchev–Trinajstić information content (AvgIpc) is 3.40. The third kappa shape index (κ3) is 6.09. The summed E-state index contributed by atoms with van der Waals surface area (Å²) in [5.74, 6) is -1.95. The Kier molecular flexibility index (Phi) is 8.87. The lowest BCUT2D eigenvalue weighted by Crippen LogP contribution is -2.52. The van der Waals surface area contributed by atoms with Crippen molar-refractivity contribution in [1.82, 2.24) is 19.9 Å². The number of carbonyl (C=O) groups is 2. The smallest absolute Gasteiger partial charge is 0.341 e. The maximum absolute atomic E-state index is 14.4. The number of ether oxygens (including phenoxy) is 1. The molecule has 204 valence electrons. The zero-order chi connectivity index (χ0) is 25.9. The predicted octanol–water partition coefficient (Wildman–Crippen LogP) is 3.22. The molecule has 2 saturated heterocycles. The quantitative estimate of drug-likeness (QED) is 0.568. The van der Waals surface area contributed by atoms with E-state index in [1.807, 2.05) is 4.90 Å². The van der Waals surface area contributed by atoms with E-state index in [4.69, 9.17) is 4.74 Å². The van der Waals surface area contributed by atoms with E-state index in [1.165, 1.54) is 17.1 Å². The Hall–Kier alpha value is -3.19. The van der Waals surface area contributed by atoms with Gasteiger partial charge >= 0.3 is 6.03 Å². The summed E-state index contributed by atoms with van der Waals surface area (Å²) in [7, 11) is 0. The third-order valence-electron chi connectivity index (χ3n) is 6.95. The number of nitrogens with zero attached hydrogens (tertiary/aromatic N) is 6. The second kappa shape index (κ2) is 12.1. The Morgan fingerprint density at radius 2 is 1.68 bits per heavy atom. The SMILES string of the molecule is O=C(Cc1nc(N2CCN(C(=O)N3N=CC[C@H]3c3cc(F)cc(F)c3)CC2)ncc1F)C1CCOCC1.S. The number of rotatable bonds is 5. The van der Waals surface area contributed by atoms with Gasteiger partial charge in [-0.15, -0.1) is 0 Å². The van der Waals surface area contributed by atoms with Crippen molar-refractivity contribution in [3.63, 3.8) is 0 Å². The van der Waals surface area contributed by atoms with Crippen LogP contribution in [0.1, 0.15) is 36.6 Å². The normalized spacial score (nSPS) is 20.0. The van der Waals surface area contributed by atoms with E-state index in [9.17, 15) is 22.8 Å². The molecular weight excluding hydrogens is 521 g/mol. The van der Waals surface area contributed by atoms with Crippen molar-refractivity contribution in [2.45, 2.75) is 31.7 Å². The topological polar surface area (TPSA) is 91.2 Å². The number of amides is 2. The van der Waals surface area contributed by atoms with Crippen LogP contribution in [0.4, 0.5) is 23.9 Å². The van der Waals surface area contributed by atoms with Crippen molar-refractivity contribution in [2.24, 2.45) is 11.0 Å². The number of Topliss-reactive ketones (excluding diaryl/α,β-unsaturated/α-hetero) is 1. The number of urea groups is 1. The van der Waals surface area contributed by atoms with Gasteiger partial charge in [0.15, 0.2) is 5.82 Å². The number of hydrazone groups is 1. The van der Waals surface area contributed by atoms with Gasteiger partial charge in [-0.3, -0.25) is 4.79 Å². The summed E-state index contributed by atoms with van der Waals surface area (Å²) < 4.78 is 47.1. The number of benzene rings is 1. The van der Waals surface area contributed by atoms with Gasteiger partial charge in [0.05, 0.1) is 24.4 Å². The van der Waals surface area contributed by atoms with Gasteiger partial charge < -0.3 is 14.5 Å². The van der Waals surface area contributed by atoms with Gasteiger partial charge in [0.2, 0.25) is 5.95 Å². The lowest BCUT2D eigenvalue weighted by atomic mass is 9.92. The first kappa shape index (κ1) is 27.8. The fourth-order valence-electron chi connectivity index (χ4n) is 4.88. The highest BCUT2D eigenvalue weighted by Gasteiger charge is 2.34. The van der Waals surface area contributed by atoms with Gasteiger partial charge in [0.1, 0.15) is 17.4 Å². The fraction of sp³-hybridized carbons (Fsp3) is 0.480. The first-order valence-electron chi connectivity index (χ1n) is 12.3. The van der Waals surface area contributed by atoms with Gasteiger partial charge in [-0.05, 0) is 30.5 Å². The molecule has 0 bridgehead atoms.